The summed E-state index contributed by atoms with van der Waals surface area (Å²) in [6.07, 6.45) is 0.842. The van der Waals surface area contributed by atoms with Gasteiger partial charge in [0.15, 0.2) is 0 Å². The van der Waals surface area contributed by atoms with Gasteiger partial charge in [-0.15, -0.1) is 12.4 Å². The topological polar surface area (TPSA) is 54.4 Å². The van der Waals surface area contributed by atoms with Crippen LogP contribution in [0.1, 0.15) is 23.1 Å². The number of nitrogens with zero attached hydrogens (tertiary/aromatic N) is 1. The van der Waals surface area contributed by atoms with Gasteiger partial charge in [-0.3, -0.25) is 0 Å². The van der Waals surface area contributed by atoms with Gasteiger partial charge in [0, 0.05) is 24.2 Å². The van der Waals surface area contributed by atoms with Crippen LogP contribution in [0.4, 0.5) is 0 Å². The van der Waals surface area contributed by atoms with Gasteiger partial charge in [-0.25, -0.2) is 4.98 Å². The maximum absolute atomic E-state index is 10.8. The van der Waals surface area contributed by atoms with Crippen LogP contribution in [0.2, 0.25) is 10.0 Å². The zero-order valence-corrected chi connectivity index (χ0v) is 15.1. The molecule has 7 heteroatoms. The lowest BCUT2D eigenvalue weighted by molar-refractivity contribution is 0.140. The van der Waals surface area contributed by atoms with Crippen LogP contribution in [0.3, 0.4) is 0 Å². The van der Waals surface area contributed by atoms with Gasteiger partial charge in [0.2, 0.25) is 5.88 Å². The number of rotatable bonds is 6. The van der Waals surface area contributed by atoms with Gasteiger partial charge in [0.1, 0.15) is 0 Å². The zero-order valence-electron chi connectivity index (χ0n) is 12.8. The van der Waals surface area contributed by atoms with Crippen molar-refractivity contribution in [2.45, 2.75) is 12.0 Å². The highest BCUT2D eigenvalue weighted by Gasteiger charge is 2.25. The molecule has 23 heavy (non-hydrogen) atoms. The van der Waals surface area contributed by atoms with Crippen LogP contribution < -0.4 is 10.1 Å². The zero-order chi connectivity index (χ0) is 16.1. The number of methoxy groups -OCH3 is 1. The highest BCUT2D eigenvalue weighted by Crippen LogP contribution is 2.36. The third-order valence-electron chi connectivity index (χ3n) is 3.49. The SMILES string of the molecule is CNC[C@@H](c1ccc(Cl)c(Cl)c1)[C@@H](O)c1cccnc1OC.Cl. The Balaban J connectivity index is 0.00000264. The number of hydrogen-bond acceptors (Lipinski definition) is 4. The summed E-state index contributed by atoms with van der Waals surface area (Å²) in [5.74, 6) is 0.203. The molecule has 0 aliphatic carbocycles. The summed E-state index contributed by atoms with van der Waals surface area (Å²) in [5.41, 5.74) is 1.53. The van der Waals surface area contributed by atoms with Crippen molar-refractivity contribution in [3.05, 3.63) is 57.7 Å². The van der Waals surface area contributed by atoms with Gasteiger partial charge in [-0.2, -0.15) is 0 Å². The first-order chi connectivity index (χ1) is 10.6. The smallest absolute Gasteiger partial charge is 0.218 e. The van der Waals surface area contributed by atoms with Crippen molar-refractivity contribution in [2.24, 2.45) is 0 Å². The molecule has 2 atom stereocenters. The van der Waals surface area contributed by atoms with Crippen molar-refractivity contribution in [1.82, 2.24) is 10.3 Å². The van der Waals surface area contributed by atoms with Crippen LogP contribution in [0, 0.1) is 0 Å². The largest absolute Gasteiger partial charge is 0.481 e. The number of hydrogen-bond donors (Lipinski definition) is 2. The van der Waals surface area contributed by atoms with E-state index in [2.05, 4.69) is 10.3 Å². The van der Waals surface area contributed by atoms with Gasteiger partial charge in [-0.05, 0) is 36.9 Å². The number of aliphatic hydroxyl groups excluding tert-OH is 1. The Bertz CT molecular complexity index is 640. The van der Waals surface area contributed by atoms with Crippen molar-refractivity contribution in [1.29, 1.82) is 0 Å². The molecule has 4 nitrogen and oxygen atoms in total. The third-order valence-corrected chi connectivity index (χ3v) is 4.23. The normalized spacial score (nSPS) is 13.1. The number of aliphatic hydroxyl groups is 1. The molecule has 0 aliphatic heterocycles. The lowest BCUT2D eigenvalue weighted by atomic mass is 9.89. The first kappa shape index (κ1) is 20.0. The quantitative estimate of drug-likeness (QED) is 0.803. The number of nitrogens with one attached hydrogen (secondary N) is 1. The molecular weight excluding hydrogens is 359 g/mol. The average Bonchev–Trinajstić information content (AvgIpc) is 2.54. The Hall–Kier alpha value is -1.04. The van der Waals surface area contributed by atoms with E-state index in [1.165, 1.54) is 7.11 Å². The predicted octanol–water partition coefficient (Wildman–Crippen LogP) is 3.86. The fraction of sp³-hybridized carbons (Fsp3) is 0.312. The highest BCUT2D eigenvalue weighted by molar-refractivity contribution is 6.42. The summed E-state index contributed by atoms with van der Waals surface area (Å²) < 4.78 is 5.23. The molecule has 0 saturated heterocycles. The Morgan fingerprint density at radius 1 is 1.26 bits per heavy atom. The van der Waals surface area contributed by atoms with E-state index in [1.807, 2.05) is 13.1 Å². The van der Waals surface area contributed by atoms with Crippen molar-refractivity contribution in [2.75, 3.05) is 20.7 Å². The van der Waals surface area contributed by atoms with Gasteiger partial charge in [0.05, 0.1) is 23.3 Å². The van der Waals surface area contributed by atoms with Crippen LogP contribution in [-0.2, 0) is 0 Å². The molecule has 126 valence electrons. The van der Waals surface area contributed by atoms with Gasteiger partial charge in [0.25, 0.3) is 0 Å². The molecule has 0 radical (unpaired) electrons. The number of aromatic nitrogens is 1. The molecule has 0 unspecified atom stereocenters. The molecule has 0 saturated carbocycles. The summed E-state index contributed by atoms with van der Waals surface area (Å²) in [6, 6.07) is 8.94. The molecule has 2 aromatic rings. The van der Waals surface area contributed by atoms with Crippen LogP contribution in [0.5, 0.6) is 5.88 Å². The highest BCUT2D eigenvalue weighted by atomic mass is 35.5. The molecule has 0 amide bonds. The summed E-state index contributed by atoms with van der Waals surface area (Å²) in [4.78, 5) is 4.14. The molecule has 0 fully saturated rings. The second kappa shape index (κ2) is 9.30. The van der Waals surface area contributed by atoms with E-state index < -0.39 is 6.10 Å². The maximum atomic E-state index is 10.8. The maximum Gasteiger partial charge on any atom is 0.218 e. The summed E-state index contributed by atoms with van der Waals surface area (Å²) in [7, 11) is 3.36. The first-order valence-corrected chi connectivity index (χ1v) is 7.60. The lowest BCUT2D eigenvalue weighted by Gasteiger charge is -2.24. The van der Waals surface area contributed by atoms with Crippen LogP contribution in [0.15, 0.2) is 36.5 Å². The first-order valence-electron chi connectivity index (χ1n) is 6.85. The van der Waals surface area contributed by atoms with Crippen LogP contribution in [-0.4, -0.2) is 30.8 Å². The van der Waals surface area contributed by atoms with Crippen LogP contribution >= 0.6 is 35.6 Å². The van der Waals surface area contributed by atoms with Crippen molar-refractivity contribution >= 4 is 35.6 Å². The van der Waals surface area contributed by atoms with Gasteiger partial charge in [-0.1, -0.05) is 29.3 Å². The second-order valence-corrected chi connectivity index (χ2v) is 5.70. The number of halogens is 3. The number of likely N-dealkylation sites (N-methyl/N-ethyl adjacent to an activating group) is 1. The summed E-state index contributed by atoms with van der Waals surface area (Å²) in [6.45, 7) is 0.567. The molecule has 1 aromatic carbocycles. The van der Waals surface area contributed by atoms with Crippen LogP contribution in [0.25, 0.3) is 0 Å². The fourth-order valence-corrected chi connectivity index (χ4v) is 2.70. The van der Waals surface area contributed by atoms with E-state index in [9.17, 15) is 5.11 Å². The van der Waals surface area contributed by atoms with Crippen molar-refractivity contribution in [3.63, 3.8) is 0 Å². The van der Waals surface area contributed by atoms with E-state index in [4.69, 9.17) is 27.9 Å². The van der Waals surface area contributed by atoms with Gasteiger partial charge >= 0.3 is 0 Å². The predicted molar refractivity (Wildman–Crippen MR) is 96.1 cm³/mol. The van der Waals surface area contributed by atoms with E-state index >= 15 is 0 Å². The van der Waals surface area contributed by atoms with E-state index in [0.717, 1.165) is 5.56 Å². The minimum absolute atomic E-state index is 0. The van der Waals surface area contributed by atoms with E-state index in [0.29, 0.717) is 28.0 Å². The van der Waals surface area contributed by atoms with E-state index in [1.54, 1.807) is 30.5 Å². The Morgan fingerprint density at radius 2 is 2.00 bits per heavy atom. The Labute approximate surface area is 152 Å². The van der Waals surface area contributed by atoms with E-state index in [-0.39, 0.29) is 18.3 Å². The average molecular weight is 378 g/mol. The number of ether oxygens (including phenoxy) is 1. The number of benzene rings is 1. The molecule has 1 heterocycles. The van der Waals surface area contributed by atoms with Crippen molar-refractivity contribution in [3.8, 4) is 5.88 Å². The minimum atomic E-state index is -0.784. The summed E-state index contributed by atoms with van der Waals surface area (Å²) in [5, 5.41) is 14.8. The Morgan fingerprint density at radius 3 is 2.61 bits per heavy atom. The van der Waals surface area contributed by atoms with Gasteiger partial charge < -0.3 is 15.2 Å². The lowest BCUT2D eigenvalue weighted by Crippen LogP contribution is -2.23. The van der Waals surface area contributed by atoms with Crippen molar-refractivity contribution < 1.29 is 9.84 Å². The summed E-state index contributed by atoms with van der Waals surface area (Å²) >= 11 is 12.1. The molecule has 2 N–H and O–H groups in total. The minimum Gasteiger partial charge on any atom is -0.481 e. The number of pyridine rings is 1. The molecule has 2 rings (SSSR count). The Kier molecular flexibility index (Phi) is 8.09. The molecule has 1 aromatic heterocycles. The molecule has 0 aliphatic rings. The second-order valence-electron chi connectivity index (χ2n) is 4.88. The molecule has 0 bridgehead atoms. The monoisotopic (exact) mass is 376 g/mol. The molecular formula is C16H19Cl3N2O2. The standard InChI is InChI=1S/C16H18Cl2N2O2.ClH/c1-19-9-12(10-5-6-13(17)14(18)8-10)15(21)11-4-3-7-20-16(11)22-2;/h3-8,12,15,19,21H,9H2,1-2H3;1H/t12-,15-;/m0./s1. The molecule has 0 spiro atoms. The third kappa shape index (κ3) is 4.72. The fourth-order valence-electron chi connectivity index (χ4n) is 2.39.